The second kappa shape index (κ2) is 5.53. The van der Waals surface area contributed by atoms with Gasteiger partial charge >= 0.3 is 5.97 Å². The van der Waals surface area contributed by atoms with Crippen LogP contribution in [0.3, 0.4) is 0 Å². The number of methoxy groups -OCH3 is 1. The lowest BCUT2D eigenvalue weighted by Crippen LogP contribution is -2.23. The highest BCUT2D eigenvalue weighted by Gasteiger charge is 2.22. The van der Waals surface area contributed by atoms with Crippen LogP contribution in [0.2, 0.25) is 0 Å². The van der Waals surface area contributed by atoms with Gasteiger partial charge in [-0.1, -0.05) is 6.07 Å². The molecule has 1 atom stereocenters. The highest BCUT2D eigenvalue weighted by molar-refractivity contribution is 5.85. The summed E-state index contributed by atoms with van der Waals surface area (Å²) in [6.45, 7) is 0. The van der Waals surface area contributed by atoms with Crippen LogP contribution < -0.4 is 11.5 Å². The van der Waals surface area contributed by atoms with E-state index < -0.39 is 29.3 Å². The molecule has 16 heavy (non-hydrogen) atoms. The second-order valence-corrected chi connectivity index (χ2v) is 2.90. The highest BCUT2D eigenvalue weighted by atomic mass is 35.5. The van der Waals surface area contributed by atoms with E-state index in [4.69, 9.17) is 11.5 Å². The largest absolute Gasteiger partial charge is 0.505 e. The van der Waals surface area contributed by atoms with Crippen LogP contribution in [0.5, 0.6) is 5.75 Å². The van der Waals surface area contributed by atoms with E-state index in [1.54, 1.807) is 0 Å². The van der Waals surface area contributed by atoms with E-state index in [-0.39, 0.29) is 18.0 Å². The van der Waals surface area contributed by atoms with Gasteiger partial charge in [0.25, 0.3) is 0 Å². The first-order valence-electron chi connectivity index (χ1n) is 4.09. The normalized spacial score (nSPS) is 11.4. The van der Waals surface area contributed by atoms with Crippen LogP contribution in [0.15, 0.2) is 12.1 Å². The number of rotatable bonds is 2. The molecule has 5 nitrogen and oxygen atoms in total. The molecule has 0 radical (unpaired) electrons. The van der Waals surface area contributed by atoms with Crippen LogP contribution in [0.4, 0.5) is 10.1 Å². The number of phenolic OH excluding ortho intramolecular Hbond substituents is 1. The third kappa shape index (κ3) is 2.53. The summed E-state index contributed by atoms with van der Waals surface area (Å²) in [5, 5.41) is 9.44. The molecule has 0 heterocycles. The molecule has 0 saturated carbocycles. The molecular weight excluding hydrogens is 239 g/mol. The molecule has 0 aliphatic heterocycles. The van der Waals surface area contributed by atoms with Gasteiger partial charge in [0, 0.05) is 5.56 Å². The maximum atomic E-state index is 12.9. The summed E-state index contributed by atoms with van der Waals surface area (Å²) in [6, 6.07) is 1.02. The minimum absolute atomic E-state index is 0. The SMILES string of the molecule is COC(=O)[C@H](N)c1ccc(F)c(N)c1O.Cl. The number of aromatic hydroxyl groups is 1. The van der Waals surface area contributed by atoms with Crippen molar-refractivity contribution in [2.45, 2.75) is 6.04 Å². The molecule has 0 saturated heterocycles. The molecule has 0 spiro atoms. The Balaban J connectivity index is 0.00000225. The fourth-order valence-corrected chi connectivity index (χ4v) is 1.11. The quantitative estimate of drug-likeness (QED) is 0.408. The number of benzene rings is 1. The maximum Gasteiger partial charge on any atom is 0.327 e. The highest BCUT2D eigenvalue weighted by Crippen LogP contribution is 2.31. The lowest BCUT2D eigenvalue weighted by atomic mass is 10.1. The predicted molar refractivity (Wildman–Crippen MR) is 58.7 cm³/mol. The molecule has 0 fully saturated rings. The molecule has 0 bridgehead atoms. The number of nitrogens with two attached hydrogens (primary N) is 2. The minimum Gasteiger partial charge on any atom is -0.505 e. The Kier molecular flexibility index (Phi) is 5.00. The minimum atomic E-state index is -1.18. The van der Waals surface area contributed by atoms with Gasteiger partial charge in [-0.25, -0.2) is 4.39 Å². The number of halogens is 2. The molecule has 5 N–H and O–H groups in total. The number of esters is 1. The van der Waals surface area contributed by atoms with Crippen molar-refractivity contribution in [3.63, 3.8) is 0 Å². The Morgan fingerprint density at radius 3 is 2.62 bits per heavy atom. The van der Waals surface area contributed by atoms with Crippen molar-refractivity contribution in [2.24, 2.45) is 5.73 Å². The molecule has 0 unspecified atom stereocenters. The van der Waals surface area contributed by atoms with Crippen LogP contribution in [0.25, 0.3) is 0 Å². The van der Waals surface area contributed by atoms with Crippen molar-refractivity contribution in [2.75, 3.05) is 12.8 Å². The molecule has 7 heteroatoms. The van der Waals surface area contributed by atoms with Crippen LogP contribution in [-0.4, -0.2) is 18.2 Å². The topological polar surface area (TPSA) is 98.6 Å². The first kappa shape index (κ1) is 14.5. The fourth-order valence-electron chi connectivity index (χ4n) is 1.11. The second-order valence-electron chi connectivity index (χ2n) is 2.90. The Bertz CT molecular complexity index is 401. The smallest absolute Gasteiger partial charge is 0.327 e. The summed E-state index contributed by atoms with van der Waals surface area (Å²) >= 11 is 0. The Labute approximate surface area is 97.6 Å². The molecule has 0 amide bonds. The summed E-state index contributed by atoms with van der Waals surface area (Å²) in [4.78, 5) is 11.1. The predicted octanol–water partition coefficient (Wildman–Crippen LogP) is 0.708. The summed E-state index contributed by atoms with van der Waals surface area (Å²) in [5.74, 6) is -2.04. The van der Waals surface area contributed by atoms with Crippen molar-refractivity contribution in [3.8, 4) is 5.75 Å². The number of hydrogen-bond acceptors (Lipinski definition) is 5. The average molecular weight is 251 g/mol. The van der Waals surface area contributed by atoms with E-state index in [0.29, 0.717) is 0 Å². The summed E-state index contributed by atoms with van der Waals surface area (Å²) in [6.07, 6.45) is 0. The van der Waals surface area contributed by atoms with Crippen LogP contribution in [-0.2, 0) is 9.53 Å². The monoisotopic (exact) mass is 250 g/mol. The first-order chi connectivity index (χ1) is 6.99. The first-order valence-corrected chi connectivity index (χ1v) is 4.09. The Morgan fingerprint density at radius 2 is 2.12 bits per heavy atom. The van der Waals surface area contributed by atoms with Gasteiger partial charge in [0.05, 0.1) is 7.11 Å². The van der Waals surface area contributed by atoms with Gasteiger partial charge in [0.1, 0.15) is 23.3 Å². The van der Waals surface area contributed by atoms with Gasteiger partial charge in [-0.15, -0.1) is 12.4 Å². The Morgan fingerprint density at radius 1 is 1.56 bits per heavy atom. The van der Waals surface area contributed by atoms with Gasteiger partial charge in [-0.3, -0.25) is 4.79 Å². The van der Waals surface area contributed by atoms with Gasteiger partial charge in [0.15, 0.2) is 0 Å². The van der Waals surface area contributed by atoms with Gasteiger partial charge < -0.3 is 21.3 Å². The van der Waals surface area contributed by atoms with E-state index in [0.717, 1.165) is 13.2 Å². The van der Waals surface area contributed by atoms with E-state index in [2.05, 4.69) is 4.74 Å². The standard InChI is InChI=1S/C9H11FN2O3.ClH/c1-15-9(14)6(11)4-2-3-5(10)7(12)8(4)13;/h2-3,6,13H,11-12H2,1H3;1H/t6-;/m1./s1. The summed E-state index contributed by atoms with van der Waals surface area (Å²) < 4.78 is 17.2. The average Bonchev–Trinajstić information content (AvgIpc) is 2.24. The Hall–Kier alpha value is -1.53. The van der Waals surface area contributed by atoms with E-state index in [1.807, 2.05) is 0 Å². The lowest BCUT2D eigenvalue weighted by molar-refractivity contribution is -0.142. The number of carbonyl (C=O) groups excluding carboxylic acids is 1. The van der Waals surface area contributed by atoms with Crippen molar-refractivity contribution >= 4 is 24.1 Å². The van der Waals surface area contributed by atoms with Crippen molar-refractivity contribution in [1.82, 2.24) is 0 Å². The zero-order chi connectivity index (χ0) is 11.6. The molecular formula is C9H12ClFN2O3. The number of carbonyl (C=O) groups is 1. The van der Waals surface area contributed by atoms with E-state index >= 15 is 0 Å². The summed E-state index contributed by atoms with van der Waals surface area (Å²) in [5.41, 5.74) is 10.3. The van der Waals surface area contributed by atoms with Gasteiger partial charge in [-0.05, 0) is 6.07 Å². The third-order valence-corrected chi connectivity index (χ3v) is 1.99. The zero-order valence-electron chi connectivity index (χ0n) is 8.44. The van der Waals surface area contributed by atoms with Crippen molar-refractivity contribution in [3.05, 3.63) is 23.5 Å². The lowest BCUT2D eigenvalue weighted by Gasteiger charge is -2.12. The van der Waals surface area contributed by atoms with Crippen LogP contribution in [0, 0.1) is 5.82 Å². The summed E-state index contributed by atoms with van der Waals surface area (Å²) in [7, 11) is 1.16. The molecule has 0 aromatic heterocycles. The molecule has 0 aliphatic carbocycles. The molecule has 1 rings (SSSR count). The molecule has 0 aliphatic rings. The van der Waals surface area contributed by atoms with Gasteiger partial charge in [-0.2, -0.15) is 0 Å². The van der Waals surface area contributed by atoms with E-state index in [9.17, 15) is 14.3 Å². The number of nitrogen functional groups attached to an aromatic ring is 1. The van der Waals surface area contributed by atoms with E-state index in [1.165, 1.54) is 6.07 Å². The molecule has 1 aromatic rings. The van der Waals surface area contributed by atoms with Crippen molar-refractivity contribution in [1.29, 1.82) is 0 Å². The molecule has 90 valence electrons. The van der Waals surface area contributed by atoms with Gasteiger partial charge in [0.2, 0.25) is 0 Å². The van der Waals surface area contributed by atoms with Crippen LogP contribution >= 0.6 is 12.4 Å². The number of anilines is 1. The fraction of sp³-hybridized carbons (Fsp3) is 0.222. The number of ether oxygens (including phenoxy) is 1. The van der Waals surface area contributed by atoms with Crippen LogP contribution in [0.1, 0.15) is 11.6 Å². The number of hydrogen-bond donors (Lipinski definition) is 3. The molecule has 1 aromatic carbocycles. The zero-order valence-corrected chi connectivity index (χ0v) is 9.25. The number of phenols is 1. The third-order valence-electron chi connectivity index (χ3n) is 1.99. The van der Waals surface area contributed by atoms with Crippen molar-refractivity contribution < 1.29 is 19.0 Å². The maximum absolute atomic E-state index is 12.9.